The van der Waals surface area contributed by atoms with E-state index in [0.717, 1.165) is 0 Å². The molecule has 1 aromatic rings. The van der Waals surface area contributed by atoms with Crippen LogP contribution in [-0.2, 0) is 0 Å². The van der Waals surface area contributed by atoms with E-state index >= 15 is 0 Å². The van der Waals surface area contributed by atoms with Gasteiger partial charge in [-0.3, -0.25) is 0 Å². The van der Waals surface area contributed by atoms with Crippen molar-refractivity contribution in [3.63, 3.8) is 0 Å². The Hall–Kier alpha value is -1.45. The highest BCUT2D eigenvalue weighted by molar-refractivity contribution is 5.56. The van der Waals surface area contributed by atoms with Crippen molar-refractivity contribution in [2.45, 2.75) is 0 Å². The summed E-state index contributed by atoms with van der Waals surface area (Å²) >= 11 is 0. The van der Waals surface area contributed by atoms with Crippen molar-refractivity contribution in [2.24, 2.45) is 4.99 Å². The van der Waals surface area contributed by atoms with Crippen LogP contribution in [0, 0.1) is 0 Å². The monoisotopic (exact) mass is 122 g/mol. The molecule has 0 aromatic carbocycles. The summed E-state index contributed by atoms with van der Waals surface area (Å²) in [5.74, 6) is 0.491. The normalized spacial score (nSPS) is 8.89. The fourth-order valence-corrected chi connectivity index (χ4v) is 0.487. The summed E-state index contributed by atoms with van der Waals surface area (Å²) in [6.07, 6.45) is 1.56. The first-order chi connectivity index (χ1) is 4.38. The van der Waals surface area contributed by atoms with Gasteiger partial charge in [0.25, 0.3) is 0 Å². The van der Waals surface area contributed by atoms with Gasteiger partial charge in [0.05, 0.1) is 0 Å². The Labute approximate surface area is 52.3 Å². The zero-order chi connectivity index (χ0) is 6.69. The first-order valence-electron chi connectivity index (χ1n) is 2.38. The van der Waals surface area contributed by atoms with Gasteiger partial charge < -0.3 is 0 Å². The summed E-state index contributed by atoms with van der Waals surface area (Å²) < 4.78 is 0. The van der Waals surface area contributed by atoms with Gasteiger partial charge in [0.1, 0.15) is 5.69 Å². The molecule has 0 saturated carbocycles. The molecule has 0 saturated heterocycles. The molecule has 0 bridgehead atoms. The third-order valence-corrected chi connectivity index (χ3v) is 0.899. The standard InChI is InChI=1S/C5H6N4/c1-3-4-5(6-2)8-9-7-4/h3H,1-2H2,(H,7,8,9). The van der Waals surface area contributed by atoms with Crippen molar-refractivity contribution >= 4 is 18.6 Å². The second kappa shape index (κ2) is 2.21. The summed E-state index contributed by atoms with van der Waals surface area (Å²) in [6, 6.07) is 0. The van der Waals surface area contributed by atoms with E-state index in [9.17, 15) is 0 Å². The zero-order valence-corrected chi connectivity index (χ0v) is 4.83. The summed E-state index contributed by atoms with van der Waals surface area (Å²) in [7, 11) is 0. The van der Waals surface area contributed by atoms with Crippen molar-refractivity contribution in [3.8, 4) is 0 Å². The molecule has 9 heavy (non-hydrogen) atoms. The maximum absolute atomic E-state index is 3.72. The van der Waals surface area contributed by atoms with Crippen molar-refractivity contribution in [1.29, 1.82) is 0 Å². The third-order valence-electron chi connectivity index (χ3n) is 0.899. The molecule has 0 unspecified atom stereocenters. The van der Waals surface area contributed by atoms with E-state index in [1.165, 1.54) is 0 Å². The SMILES string of the molecule is C=Cc1n[nH]nc1N=C. The lowest BCUT2D eigenvalue weighted by atomic mass is 10.4. The summed E-state index contributed by atoms with van der Waals surface area (Å²) in [6.45, 7) is 6.79. The number of nitrogens with zero attached hydrogens (tertiary/aromatic N) is 3. The fourth-order valence-electron chi connectivity index (χ4n) is 0.487. The molecule has 0 spiro atoms. The van der Waals surface area contributed by atoms with E-state index in [0.29, 0.717) is 11.5 Å². The molecule has 46 valence electrons. The number of aliphatic imine (C=N–C) groups is 1. The van der Waals surface area contributed by atoms with Crippen LogP contribution in [0.4, 0.5) is 5.82 Å². The lowest BCUT2D eigenvalue weighted by Gasteiger charge is -1.79. The van der Waals surface area contributed by atoms with Gasteiger partial charge in [-0.05, 0) is 12.8 Å². The van der Waals surface area contributed by atoms with Gasteiger partial charge in [0.15, 0.2) is 0 Å². The first kappa shape index (κ1) is 5.68. The zero-order valence-electron chi connectivity index (χ0n) is 4.83. The Balaban J connectivity index is 3.12. The molecule has 0 fully saturated rings. The Morgan fingerprint density at radius 3 is 2.78 bits per heavy atom. The smallest absolute Gasteiger partial charge is 0.200 e. The third kappa shape index (κ3) is 0.861. The molecule has 4 heteroatoms. The molecule has 4 nitrogen and oxygen atoms in total. The number of hydrogen-bond donors (Lipinski definition) is 1. The number of hydrogen-bond acceptors (Lipinski definition) is 3. The van der Waals surface area contributed by atoms with Crippen molar-refractivity contribution in [2.75, 3.05) is 0 Å². The fraction of sp³-hybridized carbons (Fsp3) is 0. The molecule has 0 aliphatic heterocycles. The van der Waals surface area contributed by atoms with Crippen molar-refractivity contribution in [1.82, 2.24) is 15.4 Å². The molecular formula is C5H6N4. The second-order valence-electron chi connectivity index (χ2n) is 1.39. The van der Waals surface area contributed by atoms with Crippen LogP contribution < -0.4 is 0 Å². The van der Waals surface area contributed by atoms with E-state index < -0.39 is 0 Å². The van der Waals surface area contributed by atoms with Gasteiger partial charge in [-0.25, -0.2) is 4.99 Å². The lowest BCUT2D eigenvalue weighted by molar-refractivity contribution is 0.937. The van der Waals surface area contributed by atoms with E-state index in [1.807, 2.05) is 0 Å². The van der Waals surface area contributed by atoms with E-state index in [4.69, 9.17) is 0 Å². The number of H-pyrrole nitrogens is 1. The molecule has 0 radical (unpaired) electrons. The van der Waals surface area contributed by atoms with Crippen LogP contribution in [0.25, 0.3) is 6.08 Å². The molecule has 1 heterocycles. The highest BCUT2D eigenvalue weighted by atomic mass is 15.4. The maximum atomic E-state index is 3.72. The quantitative estimate of drug-likeness (QED) is 0.589. The second-order valence-corrected chi connectivity index (χ2v) is 1.39. The predicted octanol–water partition coefficient (Wildman–Crippen LogP) is 0.780. The number of rotatable bonds is 2. The van der Waals surface area contributed by atoms with Crippen LogP contribution in [0.2, 0.25) is 0 Å². The molecule has 0 atom stereocenters. The van der Waals surface area contributed by atoms with Crippen LogP contribution in [0.5, 0.6) is 0 Å². The molecule has 0 aliphatic carbocycles. The van der Waals surface area contributed by atoms with Gasteiger partial charge in [-0.2, -0.15) is 10.3 Å². The number of nitrogens with one attached hydrogen (secondary N) is 1. The van der Waals surface area contributed by atoms with E-state index in [1.54, 1.807) is 6.08 Å². The summed E-state index contributed by atoms with van der Waals surface area (Å²) in [5.41, 5.74) is 0.630. The van der Waals surface area contributed by atoms with Gasteiger partial charge in [-0.1, -0.05) is 6.58 Å². The summed E-state index contributed by atoms with van der Waals surface area (Å²) in [5, 5.41) is 9.78. The van der Waals surface area contributed by atoms with Gasteiger partial charge >= 0.3 is 0 Å². The van der Waals surface area contributed by atoms with Crippen LogP contribution in [0.3, 0.4) is 0 Å². The van der Waals surface area contributed by atoms with E-state index in [2.05, 4.69) is 33.7 Å². The Morgan fingerprint density at radius 2 is 2.33 bits per heavy atom. The van der Waals surface area contributed by atoms with Gasteiger partial charge in [0.2, 0.25) is 5.82 Å². The average molecular weight is 122 g/mol. The van der Waals surface area contributed by atoms with E-state index in [-0.39, 0.29) is 0 Å². The molecular weight excluding hydrogens is 116 g/mol. The lowest BCUT2D eigenvalue weighted by Crippen LogP contribution is -1.68. The molecule has 1 N–H and O–H groups in total. The Morgan fingerprint density at radius 1 is 1.56 bits per heavy atom. The summed E-state index contributed by atoms with van der Waals surface area (Å²) in [4.78, 5) is 3.58. The minimum Gasteiger partial charge on any atom is -0.242 e. The molecule has 1 rings (SSSR count). The minimum absolute atomic E-state index is 0.491. The van der Waals surface area contributed by atoms with Crippen LogP contribution >= 0.6 is 0 Å². The van der Waals surface area contributed by atoms with Crippen LogP contribution in [-0.4, -0.2) is 22.1 Å². The molecule has 0 amide bonds. The highest BCUT2D eigenvalue weighted by Gasteiger charge is 1.97. The molecule has 0 aliphatic rings. The predicted molar refractivity (Wildman–Crippen MR) is 35.7 cm³/mol. The average Bonchev–Trinajstić information content (AvgIpc) is 2.33. The Bertz CT molecular complexity index is 202. The number of aromatic nitrogens is 3. The topological polar surface area (TPSA) is 53.9 Å². The van der Waals surface area contributed by atoms with Crippen molar-refractivity contribution in [3.05, 3.63) is 12.3 Å². The highest BCUT2D eigenvalue weighted by Crippen LogP contribution is 2.10. The molecule has 1 aromatic heterocycles. The number of aromatic amines is 1. The van der Waals surface area contributed by atoms with Gasteiger partial charge in [0, 0.05) is 0 Å². The maximum Gasteiger partial charge on any atom is 0.200 e. The van der Waals surface area contributed by atoms with Crippen LogP contribution in [0.1, 0.15) is 5.69 Å². The van der Waals surface area contributed by atoms with Crippen molar-refractivity contribution < 1.29 is 0 Å². The van der Waals surface area contributed by atoms with Crippen LogP contribution in [0.15, 0.2) is 11.6 Å². The van der Waals surface area contributed by atoms with Gasteiger partial charge in [-0.15, -0.1) is 5.10 Å². The first-order valence-corrected chi connectivity index (χ1v) is 2.38. The largest absolute Gasteiger partial charge is 0.242 e. The minimum atomic E-state index is 0.491. The Kier molecular flexibility index (Phi) is 1.40.